The average molecular weight is 321 g/mol. The lowest BCUT2D eigenvalue weighted by Gasteiger charge is -2.07. The molecule has 0 bridgehead atoms. The smallest absolute Gasteiger partial charge is 0.343 e. The predicted octanol–water partition coefficient (Wildman–Crippen LogP) is 3.81. The van der Waals surface area contributed by atoms with Crippen LogP contribution in [0.2, 0.25) is 0 Å². The van der Waals surface area contributed by atoms with Crippen LogP contribution in [0.25, 0.3) is 0 Å². The van der Waals surface area contributed by atoms with Crippen molar-refractivity contribution in [2.75, 3.05) is 0 Å². The van der Waals surface area contributed by atoms with Gasteiger partial charge in [-0.05, 0) is 29.8 Å². The van der Waals surface area contributed by atoms with Gasteiger partial charge in [0, 0.05) is 18.5 Å². The zero-order valence-corrected chi connectivity index (χ0v) is 12.8. The fourth-order valence-corrected chi connectivity index (χ4v) is 1.98. The van der Waals surface area contributed by atoms with Crippen LogP contribution in [-0.2, 0) is 11.5 Å². The first-order valence-corrected chi connectivity index (χ1v) is 7.37. The maximum absolute atomic E-state index is 12.0. The summed E-state index contributed by atoms with van der Waals surface area (Å²) < 4.78 is 5.30. The molecular formula is C19H15NO4. The van der Waals surface area contributed by atoms with Crippen molar-refractivity contribution in [3.8, 4) is 11.5 Å². The van der Waals surface area contributed by atoms with Crippen molar-refractivity contribution < 1.29 is 19.3 Å². The first-order chi connectivity index (χ1) is 11.8. The van der Waals surface area contributed by atoms with E-state index in [4.69, 9.17) is 14.5 Å². The second-order valence-electron chi connectivity index (χ2n) is 4.93. The summed E-state index contributed by atoms with van der Waals surface area (Å²) in [5, 5.41) is 0. The highest BCUT2D eigenvalue weighted by Gasteiger charge is 2.09. The van der Waals surface area contributed by atoms with E-state index in [1.807, 2.05) is 30.3 Å². The summed E-state index contributed by atoms with van der Waals surface area (Å²) in [5.74, 6) is 0.364. The van der Waals surface area contributed by atoms with Crippen LogP contribution in [0.3, 0.4) is 0 Å². The average Bonchev–Trinajstić information content (AvgIpc) is 2.64. The molecule has 1 heterocycles. The fourth-order valence-electron chi connectivity index (χ4n) is 1.98. The van der Waals surface area contributed by atoms with Gasteiger partial charge in [-0.1, -0.05) is 36.4 Å². The number of rotatable bonds is 6. The first kappa shape index (κ1) is 15.7. The predicted molar refractivity (Wildman–Crippen MR) is 87.5 cm³/mol. The molecule has 0 aliphatic rings. The van der Waals surface area contributed by atoms with Gasteiger partial charge in [0.1, 0.15) is 12.4 Å². The Kier molecular flexibility index (Phi) is 5.17. The summed E-state index contributed by atoms with van der Waals surface area (Å²) in [6, 6.07) is 19.5. The summed E-state index contributed by atoms with van der Waals surface area (Å²) in [6.45, 7) is 0.321. The molecular weight excluding hydrogens is 306 g/mol. The molecule has 3 aromatic rings. The highest BCUT2D eigenvalue weighted by Crippen LogP contribution is 2.21. The molecule has 1 aromatic heterocycles. The number of hydrogen-bond acceptors (Lipinski definition) is 5. The highest BCUT2D eigenvalue weighted by molar-refractivity contribution is 5.90. The van der Waals surface area contributed by atoms with Crippen molar-refractivity contribution in [1.29, 1.82) is 0 Å². The van der Waals surface area contributed by atoms with Gasteiger partial charge in [-0.2, -0.15) is 4.89 Å². The molecule has 0 atom stereocenters. The first-order valence-electron chi connectivity index (χ1n) is 7.37. The molecule has 3 rings (SSSR count). The molecule has 0 aliphatic heterocycles. The van der Waals surface area contributed by atoms with Gasteiger partial charge in [-0.15, -0.1) is 0 Å². The van der Waals surface area contributed by atoms with Crippen molar-refractivity contribution in [2.24, 2.45) is 0 Å². The van der Waals surface area contributed by atoms with Crippen LogP contribution in [0.1, 0.15) is 15.9 Å². The Bertz CT molecular complexity index is 791. The van der Waals surface area contributed by atoms with E-state index in [2.05, 4.69) is 4.98 Å². The number of esters is 1. The quantitative estimate of drug-likeness (QED) is 0.299. The number of nitrogens with zero attached hydrogens (tertiary/aromatic N) is 1. The van der Waals surface area contributed by atoms with Crippen molar-refractivity contribution in [2.45, 2.75) is 6.61 Å². The van der Waals surface area contributed by atoms with Crippen LogP contribution in [0.4, 0.5) is 0 Å². The van der Waals surface area contributed by atoms with Gasteiger partial charge in [0.2, 0.25) is 0 Å². The van der Waals surface area contributed by atoms with Gasteiger partial charge < -0.3 is 9.62 Å². The monoisotopic (exact) mass is 321 g/mol. The number of carbonyl (C=O) groups excluding carboxylic acids is 1. The summed E-state index contributed by atoms with van der Waals surface area (Å²) in [5.41, 5.74) is 1.43. The lowest BCUT2D eigenvalue weighted by Crippen LogP contribution is -2.08. The third kappa shape index (κ3) is 4.41. The third-order valence-corrected chi connectivity index (χ3v) is 3.16. The van der Waals surface area contributed by atoms with Gasteiger partial charge in [0.05, 0.1) is 5.56 Å². The van der Waals surface area contributed by atoms with E-state index < -0.39 is 5.97 Å². The molecule has 0 unspecified atom stereocenters. The van der Waals surface area contributed by atoms with Gasteiger partial charge in [0.25, 0.3) is 0 Å². The van der Waals surface area contributed by atoms with Crippen LogP contribution in [-0.4, -0.2) is 11.0 Å². The van der Waals surface area contributed by atoms with Gasteiger partial charge >= 0.3 is 5.97 Å². The molecule has 2 aromatic carbocycles. The van der Waals surface area contributed by atoms with Crippen molar-refractivity contribution in [3.63, 3.8) is 0 Å². The zero-order valence-electron chi connectivity index (χ0n) is 12.8. The number of hydrogen-bond donors (Lipinski definition) is 0. The number of carbonyl (C=O) groups is 1. The lowest BCUT2D eigenvalue weighted by molar-refractivity contribution is -0.217. The maximum Gasteiger partial charge on any atom is 0.343 e. The Morgan fingerprint density at radius 1 is 0.875 bits per heavy atom. The second kappa shape index (κ2) is 7.89. The van der Waals surface area contributed by atoms with Crippen LogP contribution >= 0.6 is 0 Å². The van der Waals surface area contributed by atoms with E-state index in [0.717, 1.165) is 5.56 Å². The Morgan fingerprint density at radius 2 is 1.62 bits per heavy atom. The molecule has 5 nitrogen and oxygen atoms in total. The van der Waals surface area contributed by atoms with E-state index >= 15 is 0 Å². The van der Waals surface area contributed by atoms with Crippen molar-refractivity contribution >= 4 is 5.97 Å². The molecule has 0 fully saturated rings. The largest absolute Gasteiger partial charge is 0.423 e. The minimum absolute atomic E-state index is 0.321. The molecule has 5 heteroatoms. The zero-order chi connectivity index (χ0) is 16.6. The maximum atomic E-state index is 12.0. The Labute approximate surface area is 139 Å². The van der Waals surface area contributed by atoms with Crippen LogP contribution < -0.4 is 9.62 Å². The minimum atomic E-state index is -0.459. The minimum Gasteiger partial charge on any atom is -0.423 e. The van der Waals surface area contributed by atoms with E-state index in [1.54, 1.807) is 36.4 Å². The number of benzene rings is 2. The molecule has 0 aliphatic carbocycles. The second-order valence-corrected chi connectivity index (χ2v) is 4.93. The van der Waals surface area contributed by atoms with Crippen LogP contribution in [0.5, 0.6) is 11.5 Å². The van der Waals surface area contributed by atoms with Crippen molar-refractivity contribution in [3.05, 3.63) is 90.3 Å². The van der Waals surface area contributed by atoms with Crippen LogP contribution in [0.15, 0.2) is 79.1 Å². The van der Waals surface area contributed by atoms with E-state index in [0.29, 0.717) is 23.7 Å². The third-order valence-electron chi connectivity index (χ3n) is 3.16. The molecule has 0 amide bonds. The molecule has 0 saturated carbocycles. The molecule has 0 saturated heterocycles. The van der Waals surface area contributed by atoms with Gasteiger partial charge in [0.15, 0.2) is 5.75 Å². The molecule has 0 radical (unpaired) electrons. The fraction of sp³-hybridized carbons (Fsp3) is 0.0526. The van der Waals surface area contributed by atoms with Crippen molar-refractivity contribution in [1.82, 2.24) is 4.98 Å². The summed E-state index contributed by atoms with van der Waals surface area (Å²) in [7, 11) is 0. The van der Waals surface area contributed by atoms with Gasteiger partial charge in [-0.3, -0.25) is 4.98 Å². The lowest BCUT2D eigenvalue weighted by atomic mass is 10.2. The Morgan fingerprint density at radius 3 is 2.42 bits per heavy atom. The molecule has 0 N–H and O–H groups in total. The topological polar surface area (TPSA) is 57.7 Å². The summed E-state index contributed by atoms with van der Waals surface area (Å²) >= 11 is 0. The molecule has 120 valence electrons. The standard InChI is InChI=1S/C19H15NO4/c21-19(16-9-11-20-12-10-16)23-17-7-4-8-18(13-17)24-22-14-15-5-2-1-3-6-15/h1-13H,14H2. The number of pyridine rings is 1. The highest BCUT2D eigenvalue weighted by atomic mass is 17.2. The van der Waals surface area contributed by atoms with Gasteiger partial charge in [-0.25, -0.2) is 4.79 Å². The molecule has 24 heavy (non-hydrogen) atoms. The molecule has 0 spiro atoms. The summed E-state index contributed by atoms with van der Waals surface area (Å²) in [6.07, 6.45) is 3.07. The summed E-state index contributed by atoms with van der Waals surface area (Å²) in [4.78, 5) is 26.3. The SMILES string of the molecule is O=C(Oc1cccc(OOCc2ccccc2)c1)c1ccncc1. The Balaban J connectivity index is 1.57. The van der Waals surface area contributed by atoms with Crippen LogP contribution in [0, 0.1) is 0 Å². The number of ether oxygens (including phenoxy) is 1. The normalized spacial score (nSPS) is 10.2. The van der Waals surface area contributed by atoms with E-state index in [-0.39, 0.29) is 0 Å². The van der Waals surface area contributed by atoms with E-state index in [1.165, 1.54) is 12.4 Å². The Hall–Kier alpha value is -3.18. The van der Waals surface area contributed by atoms with E-state index in [9.17, 15) is 4.79 Å². The number of aromatic nitrogens is 1.